The molecule has 2 aromatic heterocycles. The Morgan fingerprint density at radius 1 is 1.71 bits per heavy atom. The Balaban J connectivity index is 1.79. The Morgan fingerprint density at radius 2 is 2.59 bits per heavy atom. The van der Waals surface area contributed by atoms with Gasteiger partial charge < -0.3 is 10.3 Å². The molecule has 0 aliphatic rings. The topological polar surface area (TPSA) is 57.8 Å². The molecular formula is C11H13N3OS2. The number of rotatable bonds is 5. The van der Waals surface area contributed by atoms with Crippen LogP contribution in [0.4, 0.5) is 0 Å². The Labute approximate surface area is 108 Å². The third-order valence-corrected chi connectivity index (χ3v) is 4.04. The van der Waals surface area contributed by atoms with E-state index in [0.29, 0.717) is 6.54 Å². The van der Waals surface area contributed by atoms with Crippen molar-refractivity contribution in [3.05, 3.63) is 34.8 Å². The van der Waals surface area contributed by atoms with Crippen LogP contribution in [0.2, 0.25) is 0 Å². The van der Waals surface area contributed by atoms with Gasteiger partial charge in [0.25, 0.3) is 0 Å². The van der Waals surface area contributed by atoms with Crippen LogP contribution in [0.5, 0.6) is 0 Å². The van der Waals surface area contributed by atoms with Crippen LogP contribution in [0.25, 0.3) is 0 Å². The molecule has 2 aromatic rings. The first-order chi connectivity index (χ1) is 8.25. The van der Waals surface area contributed by atoms with Gasteiger partial charge in [0.2, 0.25) is 5.91 Å². The van der Waals surface area contributed by atoms with Gasteiger partial charge in [-0.1, -0.05) is 17.8 Å². The number of thioether (sulfide) groups is 1. The molecule has 0 aromatic carbocycles. The van der Waals surface area contributed by atoms with Crippen molar-refractivity contribution in [2.45, 2.75) is 23.9 Å². The zero-order valence-electron chi connectivity index (χ0n) is 9.34. The lowest BCUT2D eigenvalue weighted by molar-refractivity contribution is -0.120. The van der Waals surface area contributed by atoms with Crippen molar-refractivity contribution in [2.24, 2.45) is 0 Å². The number of thiophene rings is 1. The Bertz CT molecular complexity index is 453. The summed E-state index contributed by atoms with van der Waals surface area (Å²) in [6, 6.07) is 3.99. The molecule has 0 spiro atoms. The minimum Gasteiger partial charge on any atom is -0.350 e. The lowest BCUT2D eigenvalue weighted by Gasteiger charge is -2.09. The van der Waals surface area contributed by atoms with Gasteiger partial charge in [-0.15, -0.1) is 11.3 Å². The number of hydrogen-bond acceptors (Lipinski definition) is 4. The predicted octanol–water partition coefficient (Wildman–Crippen LogP) is 2.27. The number of aromatic amines is 1. The molecule has 0 bridgehead atoms. The maximum absolute atomic E-state index is 11.8. The lowest BCUT2D eigenvalue weighted by Crippen LogP contribution is -2.30. The Kier molecular flexibility index (Phi) is 4.22. The van der Waals surface area contributed by atoms with Crippen LogP contribution in [0.15, 0.2) is 35.1 Å². The standard InChI is InChI=1S/C11H13N3OS2/c1-8(17-11-12-4-5-13-11)10(15)14-7-9-3-2-6-16-9/h2-6,8H,7H2,1H3,(H,12,13)(H,14,15). The van der Waals surface area contributed by atoms with Gasteiger partial charge in [-0.05, 0) is 18.4 Å². The number of aromatic nitrogens is 2. The molecule has 1 unspecified atom stereocenters. The van der Waals surface area contributed by atoms with E-state index in [2.05, 4.69) is 15.3 Å². The smallest absolute Gasteiger partial charge is 0.233 e. The van der Waals surface area contributed by atoms with Gasteiger partial charge in [-0.2, -0.15) is 0 Å². The number of imidazole rings is 1. The molecule has 0 fully saturated rings. The van der Waals surface area contributed by atoms with E-state index in [1.165, 1.54) is 11.8 Å². The zero-order chi connectivity index (χ0) is 12.1. The van der Waals surface area contributed by atoms with Crippen LogP contribution in [0.1, 0.15) is 11.8 Å². The van der Waals surface area contributed by atoms with Crippen molar-refractivity contribution >= 4 is 29.0 Å². The highest BCUT2D eigenvalue weighted by Crippen LogP contribution is 2.18. The molecular weight excluding hydrogens is 254 g/mol. The molecule has 0 saturated heterocycles. The van der Waals surface area contributed by atoms with Gasteiger partial charge in [0.1, 0.15) is 0 Å². The maximum atomic E-state index is 11.8. The van der Waals surface area contributed by atoms with E-state index in [0.717, 1.165) is 10.0 Å². The highest BCUT2D eigenvalue weighted by atomic mass is 32.2. The monoisotopic (exact) mass is 267 g/mol. The second-order valence-electron chi connectivity index (χ2n) is 3.45. The molecule has 0 aliphatic carbocycles. The molecule has 2 N–H and O–H groups in total. The van der Waals surface area contributed by atoms with Crippen LogP contribution in [-0.4, -0.2) is 21.1 Å². The summed E-state index contributed by atoms with van der Waals surface area (Å²) < 4.78 is 0. The largest absolute Gasteiger partial charge is 0.350 e. The Morgan fingerprint density at radius 3 is 3.24 bits per heavy atom. The van der Waals surface area contributed by atoms with Gasteiger partial charge in [0, 0.05) is 17.3 Å². The lowest BCUT2D eigenvalue weighted by atomic mass is 10.4. The second-order valence-corrected chi connectivity index (χ2v) is 5.81. The van der Waals surface area contributed by atoms with Crippen LogP contribution in [0, 0.1) is 0 Å². The third kappa shape index (κ3) is 3.61. The molecule has 17 heavy (non-hydrogen) atoms. The van der Waals surface area contributed by atoms with Crippen molar-refractivity contribution in [2.75, 3.05) is 0 Å². The molecule has 0 saturated carbocycles. The number of nitrogens with zero attached hydrogens (tertiary/aromatic N) is 1. The molecule has 1 atom stereocenters. The van der Waals surface area contributed by atoms with E-state index in [9.17, 15) is 4.79 Å². The molecule has 4 nitrogen and oxygen atoms in total. The zero-order valence-corrected chi connectivity index (χ0v) is 11.0. The molecule has 6 heteroatoms. The molecule has 90 valence electrons. The summed E-state index contributed by atoms with van der Waals surface area (Å²) in [6.07, 6.45) is 3.43. The average Bonchev–Trinajstić information content (AvgIpc) is 2.98. The van der Waals surface area contributed by atoms with E-state index in [1.807, 2.05) is 24.4 Å². The van der Waals surface area contributed by atoms with Crippen molar-refractivity contribution in [1.82, 2.24) is 15.3 Å². The number of nitrogens with one attached hydrogen (secondary N) is 2. The van der Waals surface area contributed by atoms with Crippen LogP contribution >= 0.6 is 23.1 Å². The fraction of sp³-hybridized carbons (Fsp3) is 0.273. The average molecular weight is 267 g/mol. The quantitative estimate of drug-likeness (QED) is 0.817. The fourth-order valence-corrected chi connectivity index (χ4v) is 2.69. The van der Waals surface area contributed by atoms with Crippen molar-refractivity contribution in [3.63, 3.8) is 0 Å². The van der Waals surface area contributed by atoms with Crippen molar-refractivity contribution in [3.8, 4) is 0 Å². The van der Waals surface area contributed by atoms with E-state index < -0.39 is 0 Å². The SMILES string of the molecule is CC(Sc1ncc[nH]1)C(=O)NCc1cccs1. The number of H-pyrrole nitrogens is 1. The minimum atomic E-state index is -0.152. The van der Waals surface area contributed by atoms with Gasteiger partial charge in [-0.3, -0.25) is 4.79 Å². The third-order valence-electron chi connectivity index (χ3n) is 2.15. The van der Waals surface area contributed by atoms with Gasteiger partial charge in [0.05, 0.1) is 11.8 Å². The number of carbonyl (C=O) groups is 1. The normalized spacial score (nSPS) is 12.3. The number of carbonyl (C=O) groups excluding carboxylic acids is 1. The summed E-state index contributed by atoms with van der Waals surface area (Å²) in [6.45, 7) is 2.47. The van der Waals surface area contributed by atoms with E-state index in [1.54, 1.807) is 23.7 Å². The molecule has 0 aliphatic heterocycles. The fourth-order valence-electron chi connectivity index (χ4n) is 1.27. The van der Waals surface area contributed by atoms with Crippen LogP contribution in [-0.2, 0) is 11.3 Å². The van der Waals surface area contributed by atoms with Crippen molar-refractivity contribution < 1.29 is 4.79 Å². The number of hydrogen-bond donors (Lipinski definition) is 2. The summed E-state index contributed by atoms with van der Waals surface area (Å²) in [4.78, 5) is 20.0. The first kappa shape index (κ1) is 12.2. The summed E-state index contributed by atoms with van der Waals surface area (Å²) in [5, 5.41) is 5.52. The molecule has 1 amide bonds. The van der Waals surface area contributed by atoms with Crippen LogP contribution < -0.4 is 5.32 Å². The summed E-state index contributed by atoms with van der Waals surface area (Å²) in [7, 11) is 0. The van der Waals surface area contributed by atoms with E-state index in [4.69, 9.17) is 0 Å². The first-order valence-electron chi connectivity index (χ1n) is 5.22. The van der Waals surface area contributed by atoms with Gasteiger partial charge in [0.15, 0.2) is 5.16 Å². The molecule has 2 heterocycles. The van der Waals surface area contributed by atoms with E-state index in [-0.39, 0.29) is 11.2 Å². The van der Waals surface area contributed by atoms with Gasteiger partial charge in [-0.25, -0.2) is 4.98 Å². The van der Waals surface area contributed by atoms with Gasteiger partial charge >= 0.3 is 0 Å². The molecule has 0 radical (unpaired) electrons. The maximum Gasteiger partial charge on any atom is 0.233 e. The second kappa shape index (κ2) is 5.88. The Hall–Kier alpha value is -1.27. The summed E-state index contributed by atoms with van der Waals surface area (Å²) in [5.74, 6) is 0.0276. The van der Waals surface area contributed by atoms with Crippen LogP contribution in [0.3, 0.4) is 0 Å². The minimum absolute atomic E-state index is 0.0276. The highest BCUT2D eigenvalue weighted by Gasteiger charge is 2.15. The first-order valence-corrected chi connectivity index (χ1v) is 6.98. The summed E-state index contributed by atoms with van der Waals surface area (Å²) >= 11 is 3.06. The number of amides is 1. The van der Waals surface area contributed by atoms with Crippen molar-refractivity contribution in [1.29, 1.82) is 0 Å². The summed E-state index contributed by atoms with van der Waals surface area (Å²) in [5.41, 5.74) is 0. The highest BCUT2D eigenvalue weighted by molar-refractivity contribution is 8.00. The molecule has 2 rings (SSSR count). The van der Waals surface area contributed by atoms with E-state index >= 15 is 0 Å². The predicted molar refractivity (Wildman–Crippen MR) is 70.1 cm³/mol.